The van der Waals surface area contributed by atoms with E-state index in [9.17, 15) is 4.79 Å². The Morgan fingerprint density at radius 3 is 2.95 bits per heavy atom. The maximum Gasteiger partial charge on any atom is 0.213 e. The number of aromatic nitrogens is 3. The van der Waals surface area contributed by atoms with Gasteiger partial charge in [0.05, 0.1) is 6.61 Å². The largest absolute Gasteiger partial charge is 0.493 e. The summed E-state index contributed by atoms with van der Waals surface area (Å²) < 4.78 is 7.32. The first kappa shape index (κ1) is 13.5. The minimum atomic E-state index is 0.491. The van der Waals surface area contributed by atoms with Gasteiger partial charge < -0.3 is 4.74 Å². The lowest BCUT2D eigenvalue weighted by molar-refractivity contribution is 0.111. The van der Waals surface area contributed by atoms with E-state index in [1.807, 2.05) is 31.2 Å². The highest BCUT2D eigenvalue weighted by Crippen LogP contribution is 2.42. The fourth-order valence-corrected chi connectivity index (χ4v) is 3.60. The average Bonchev–Trinajstić information content (AvgIpc) is 3.21. The van der Waals surface area contributed by atoms with E-state index in [2.05, 4.69) is 10.1 Å². The normalized spacial score (nSPS) is 14.4. The second-order valence-electron chi connectivity index (χ2n) is 5.30. The predicted octanol–water partition coefficient (Wildman–Crippen LogP) is 3.55. The van der Waals surface area contributed by atoms with Gasteiger partial charge >= 0.3 is 0 Å². The van der Waals surface area contributed by atoms with Crippen molar-refractivity contribution in [3.05, 3.63) is 35.0 Å². The number of imidazole rings is 1. The molecule has 0 unspecified atom stereocenters. The summed E-state index contributed by atoms with van der Waals surface area (Å²) in [5, 5.41) is 5.65. The molecular weight excluding hydrogens is 298 g/mol. The number of rotatable bonds is 5. The molecule has 0 amide bonds. The Morgan fingerprint density at radius 1 is 1.41 bits per heavy atom. The number of ether oxygens (including phenoxy) is 1. The van der Waals surface area contributed by atoms with E-state index < -0.39 is 0 Å². The third-order valence-corrected chi connectivity index (χ3v) is 4.81. The predicted molar refractivity (Wildman–Crippen MR) is 84.8 cm³/mol. The topological polar surface area (TPSA) is 56.5 Å². The van der Waals surface area contributed by atoms with Gasteiger partial charge in [0.25, 0.3) is 0 Å². The van der Waals surface area contributed by atoms with Gasteiger partial charge in [0.1, 0.15) is 22.1 Å². The highest BCUT2D eigenvalue weighted by Gasteiger charge is 2.29. The molecule has 3 aromatic rings. The van der Waals surface area contributed by atoms with Gasteiger partial charge in [-0.25, -0.2) is 4.98 Å². The lowest BCUT2D eigenvalue weighted by atomic mass is 10.1. The second-order valence-corrected chi connectivity index (χ2v) is 6.29. The van der Waals surface area contributed by atoms with E-state index in [-0.39, 0.29) is 0 Å². The number of nitrogens with zero attached hydrogens (tertiary/aromatic N) is 3. The SMILES string of the molecule is CCOc1ccccc1-c1nc2sc(C3CC3)nn2c1C=O. The molecule has 1 aliphatic rings. The van der Waals surface area contributed by atoms with Gasteiger partial charge in [-0.05, 0) is 31.9 Å². The summed E-state index contributed by atoms with van der Waals surface area (Å²) >= 11 is 1.57. The number of carbonyl (C=O) groups excluding carboxylic acids is 1. The fraction of sp³-hybridized carbons (Fsp3) is 0.312. The van der Waals surface area contributed by atoms with E-state index in [0.717, 1.165) is 27.6 Å². The van der Waals surface area contributed by atoms with Crippen molar-refractivity contribution in [1.82, 2.24) is 14.6 Å². The van der Waals surface area contributed by atoms with Gasteiger partial charge in [-0.3, -0.25) is 4.79 Å². The van der Waals surface area contributed by atoms with Crippen molar-refractivity contribution in [2.24, 2.45) is 0 Å². The number of aldehydes is 1. The zero-order valence-corrected chi connectivity index (χ0v) is 13.0. The number of hydrogen-bond acceptors (Lipinski definition) is 5. The van der Waals surface area contributed by atoms with E-state index in [0.29, 0.717) is 23.9 Å². The molecule has 5 nitrogen and oxygen atoms in total. The van der Waals surface area contributed by atoms with Gasteiger partial charge in [0.2, 0.25) is 4.96 Å². The number of benzene rings is 1. The summed E-state index contributed by atoms with van der Waals surface area (Å²) in [6.45, 7) is 2.51. The monoisotopic (exact) mass is 313 g/mol. The number of para-hydroxylation sites is 1. The molecule has 0 saturated heterocycles. The molecule has 0 atom stereocenters. The quantitative estimate of drug-likeness (QED) is 0.676. The zero-order valence-electron chi connectivity index (χ0n) is 12.2. The molecule has 0 aliphatic heterocycles. The summed E-state index contributed by atoms with van der Waals surface area (Å²) in [6, 6.07) is 7.65. The van der Waals surface area contributed by atoms with Crippen LogP contribution in [-0.2, 0) is 0 Å². The molecule has 0 radical (unpaired) electrons. The Bertz CT molecular complexity index is 848. The molecule has 0 spiro atoms. The molecule has 4 rings (SSSR count). The smallest absolute Gasteiger partial charge is 0.213 e. The average molecular weight is 313 g/mol. The third-order valence-electron chi connectivity index (χ3n) is 3.73. The van der Waals surface area contributed by atoms with Crippen molar-refractivity contribution in [3.8, 4) is 17.0 Å². The van der Waals surface area contributed by atoms with Crippen LogP contribution in [0.2, 0.25) is 0 Å². The Hall–Kier alpha value is -2.21. The lowest BCUT2D eigenvalue weighted by Gasteiger charge is -2.08. The number of hydrogen-bond donors (Lipinski definition) is 0. The molecule has 0 bridgehead atoms. The molecule has 112 valence electrons. The highest BCUT2D eigenvalue weighted by atomic mass is 32.1. The van der Waals surface area contributed by atoms with Crippen LogP contribution in [0.5, 0.6) is 5.75 Å². The second kappa shape index (κ2) is 5.21. The fourth-order valence-electron chi connectivity index (χ4n) is 2.52. The molecule has 1 saturated carbocycles. The van der Waals surface area contributed by atoms with Gasteiger partial charge in [0, 0.05) is 11.5 Å². The third kappa shape index (κ3) is 2.11. The van der Waals surface area contributed by atoms with Gasteiger partial charge in [-0.15, -0.1) is 0 Å². The van der Waals surface area contributed by atoms with Crippen LogP contribution < -0.4 is 4.74 Å². The molecule has 1 aromatic carbocycles. The summed E-state index contributed by atoms with van der Waals surface area (Å²) in [7, 11) is 0. The molecule has 1 fully saturated rings. The Kier molecular flexibility index (Phi) is 3.18. The van der Waals surface area contributed by atoms with Crippen LogP contribution in [0.1, 0.15) is 41.2 Å². The molecular formula is C16H15N3O2S. The standard InChI is InChI=1S/C16H15N3O2S/c1-2-21-13-6-4-3-5-11(13)14-12(9-20)19-16(17-14)22-15(18-19)10-7-8-10/h3-6,9-10H,2,7-8H2,1H3. The van der Waals surface area contributed by atoms with Crippen LogP contribution in [0.25, 0.3) is 16.2 Å². The van der Waals surface area contributed by atoms with Crippen LogP contribution in [0, 0.1) is 0 Å². The molecule has 2 aromatic heterocycles. The van der Waals surface area contributed by atoms with E-state index in [1.54, 1.807) is 15.9 Å². The van der Waals surface area contributed by atoms with Crippen molar-refractivity contribution in [2.75, 3.05) is 6.61 Å². The van der Waals surface area contributed by atoms with Crippen LogP contribution in [-0.4, -0.2) is 27.5 Å². The van der Waals surface area contributed by atoms with Crippen molar-refractivity contribution in [3.63, 3.8) is 0 Å². The Morgan fingerprint density at radius 2 is 2.23 bits per heavy atom. The van der Waals surface area contributed by atoms with Crippen molar-refractivity contribution in [1.29, 1.82) is 0 Å². The van der Waals surface area contributed by atoms with Crippen LogP contribution >= 0.6 is 11.3 Å². The highest BCUT2D eigenvalue weighted by molar-refractivity contribution is 7.16. The van der Waals surface area contributed by atoms with E-state index >= 15 is 0 Å². The minimum Gasteiger partial charge on any atom is -0.493 e. The zero-order chi connectivity index (χ0) is 15.1. The lowest BCUT2D eigenvalue weighted by Crippen LogP contribution is -1.97. The number of carbonyl (C=O) groups is 1. The number of fused-ring (bicyclic) bond motifs is 1. The summed E-state index contributed by atoms with van der Waals surface area (Å²) in [5.41, 5.74) is 1.96. The van der Waals surface area contributed by atoms with Crippen LogP contribution in [0.15, 0.2) is 24.3 Å². The van der Waals surface area contributed by atoms with Crippen LogP contribution in [0.4, 0.5) is 0 Å². The van der Waals surface area contributed by atoms with Crippen molar-refractivity contribution < 1.29 is 9.53 Å². The maximum atomic E-state index is 11.6. The summed E-state index contributed by atoms with van der Waals surface area (Å²) in [5.74, 6) is 1.30. The molecule has 1 aliphatic carbocycles. The van der Waals surface area contributed by atoms with Crippen molar-refractivity contribution in [2.45, 2.75) is 25.7 Å². The molecule has 22 heavy (non-hydrogen) atoms. The van der Waals surface area contributed by atoms with E-state index in [1.165, 1.54) is 12.8 Å². The van der Waals surface area contributed by atoms with Crippen LogP contribution in [0.3, 0.4) is 0 Å². The summed E-state index contributed by atoms with van der Waals surface area (Å²) in [6.07, 6.45) is 3.20. The first-order chi connectivity index (χ1) is 10.8. The molecule has 0 N–H and O–H groups in total. The van der Waals surface area contributed by atoms with Gasteiger partial charge in [-0.1, -0.05) is 23.5 Å². The minimum absolute atomic E-state index is 0.491. The molecule has 6 heteroatoms. The maximum absolute atomic E-state index is 11.6. The Balaban J connectivity index is 1.87. The van der Waals surface area contributed by atoms with Crippen molar-refractivity contribution >= 4 is 22.6 Å². The first-order valence-corrected chi connectivity index (χ1v) is 8.20. The Labute approximate surface area is 131 Å². The van der Waals surface area contributed by atoms with Gasteiger partial charge in [-0.2, -0.15) is 9.61 Å². The van der Waals surface area contributed by atoms with Gasteiger partial charge in [0.15, 0.2) is 6.29 Å². The van der Waals surface area contributed by atoms with E-state index in [4.69, 9.17) is 4.74 Å². The first-order valence-electron chi connectivity index (χ1n) is 7.38. The summed E-state index contributed by atoms with van der Waals surface area (Å²) in [4.78, 5) is 17.0. The molecule has 2 heterocycles.